The Hall–Kier alpha value is -3.70. The number of hydrogen-bond donors (Lipinski definition) is 2. The third kappa shape index (κ3) is 9.65. The van der Waals surface area contributed by atoms with Crippen molar-refractivity contribution in [3.8, 4) is 17.2 Å². The summed E-state index contributed by atoms with van der Waals surface area (Å²) in [7, 11) is 0. The van der Waals surface area contributed by atoms with E-state index in [1.807, 2.05) is 50.9 Å². The fourth-order valence-electron chi connectivity index (χ4n) is 8.41. The van der Waals surface area contributed by atoms with Crippen LogP contribution in [0.5, 0.6) is 17.2 Å². The van der Waals surface area contributed by atoms with Crippen LogP contribution in [0.3, 0.4) is 0 Å². The van der Waals surface area contributed by atoms with E-state index in [1.54, 1.807) is 18.5 Å². The molecule has 9 nitrogen and oxygen atoms in total. The van der Waals surface area contributed by atoms with Gasteiger partial charge in [0.05, 0.1) is 29.2 Å². The molecule has 1 aromatic heterocycles. The van der Waals surface area contributed by atoms with Gasteiger partial charge in [-0.25, -0.2) is 0 Å². The first kappa shape index (κ1) is 40.9. The van der Waals surface area contributed by atoms with Crippen LogP contribution in [0.25, 0.3) is 0 Å². The Morgan fingerprint density at radius 1 is 1.00 bits per heavy atom. The van der Waals surface area contributed by atoms with E-state index in [2.05, 4.69) is 60.7 Å². The molecule has 1 aliphatic heterocycles. The lowest BCUT2D eigenvalue weighted by Gasteiger charge is -2.58. The molecule has 3 aliphatic rings. The monoisotopic (exact) mass is 769 g/mol. The number of rotatable bonds is 18. The zero-order valence-corrected chi connectivity index (χ0v) is 34.0. The fourth-order valence-corrected chi connectivity index (χ4v) is 9.79. The van der Waals surface area contributed by atoms with Gasteiger partial charge in [-0.3, -0.25) is 9.97 Å². The topological polar surface area (TPSA) is 116 Å². The molecule has 1 fully saturated rings. The normalized spacial score (nSPS) is 25.0. The Bertz CT molecular complexity index is 1810. The summed E-state index contributed by atoms with van der Waals surface area (Å²) in [6.45, 7) is 15.0. The van der Waals surface area contributed by atoms with Gasteiger partial charge in [0, 0.05) is 56.1 Å². The van der Waals surface area contributed by atoms with Crippen molar-refractivity contribution in [2.24, 2.45) is 22.9 Å². The fraction of sp³-hybridized carbons (Fsp3) is 0.533. The summed E-state index contributed by atoms with van der Waals surface area (Å²) in [5, 5.41) is 24.5. The average molecular weight is 770 g/mol. The summed E-state index contributed by atoms with van der Waals surface area (Å²) < 4.78 is 21.0. The van der Waals surface area contributed by atoms with Crippen LogP contribution in [0.4, 0.5) is 0 Å². The molecule has 0 saturated heterocycles. The van der Waals surface area contributed by atoms with Crippen molar-refractivity contribution in [1.82, 2.24) is 9.97 Å². The second-order valence-electron chi connectivity index (χ2n) is 16.1. The third-order valence-corrected chi connectivity index (χ3v) is 12.4. The molecule has 0 bridgehead atoms. The number of oxime groups is 1. The number of fused-ring (bicyclic) bond motifs is 2. The quantitative estimate of drug-likeness (QED) is 0.0742. The van der Waals surface area contributed by atoms with Crippen LogP contribution < -0.4 is 9.47 Å². The number of aliphatic hydroxyl groups excluding tert-OH is 2. The van der Waals surface area contributed by atoms with Gasteiger partial charge < -0.3 is 29.3 Å². The smallest absolute Gasteiger partial charge is 0.230 e. The summed E-state index contributed by atoms with van der Waals surface area (Å²) in [6.07, 6.45) is 16.0. The second kappa shape index (κ2) is 18.5. The van der Waals surface area contributed by atoms with Crippen LogP contribution in [0.2, 0.25) is 0 Å². The highest BCUT2D eigenvalue weighted by molar-refractivity contribution is 8.00. The Morgan fingerprint density at radius 3 is 2.47 bits per heavy atom. The molecule has 296 valence electrons. The number of unbranched alkanes of at least 4 members (excludes halogenated alkanes) is 2. The first-order chi connectivity index (χ1) is 26.6. The predicted octanol–water partition coefficient (Wildman–Crippen LogP) is 9.29. The lowest BCUT2D eigenvalue weighted by molar-refractivity contribution is -0.223. The van der Waals surface area contributed by atoms with E-state index in [-0.39, 0.29) is 42.1 Å². The number of ether oxygens (including phenoxy) is 3. The molecule has 0 radical (unpaired) electrons. The SMILES string of the molecule is C=CCOC12Oc3ccc(Oc4ccc(C)c(C)c4)cc3C3C(CCCCO)C(CCCCO)C=C(C(=NOC(C)(C)C)CC1SCCc1cnccn1)C32. The summed E-state index contributed by atoms with van der Waals surface area (Å²) in [5.41, 5.74) is 5.99. The van der Waals surface area contributed by atoms with Crippen molar-refractivity contribution >= 4 is 17.5 Å². The van der Waals surface area contributed by atoms with Gasteiger partial charge in [-0.2, -0.15) is 11.8 Å². The summed E-state index contributed by atoms with van der Waals surface area (Å²) in [6, 6.07) is 12.4. The van der Waals surface area contributed by atoms with E-state index in [4.69, 9.17) is 24.2 Å². The highest BCUT2D eigenvalue weighted by atomic mass is 32.2. The number of hydrogen-bond acceptors (Lipinski definition) is 10. The molecule has 1 saturated carbocycles. The Kier molecular flexibility index (Phi) is 13.8. The Balaban J connectivity index is 1.52. The van der Waals surface area contributed by atoms with Gasteiger partial charge in [0.15, 0.2) is 0 Å². The molecule has 2 aliphatic carbocycles. The number of allylic oxidation sites excluding steroid dienone is 1. The molecule has 2 N–H and O–H groups in total. The van der Waals surface area contributed by atoms with Gasteiger partial charge in [-0.05, 0) is 125 Å². The van der Waals surface area contributed by atoms with Crippen LogP contribution in [-0.2, 0) is 16.0 Å². The van der Waals surface area contributed by atoms with E-state index >= 15 is 0 Å². The molecule has 55 heavy (non-hydrogen) atoms. The van der Waals surface area contributed by atoms with Gasteiger partial charge in [0.1, 0.15) is 22.8 Å². The first-order valence-corrected chi connectivity index (χ1v) is 21.0. The van der Waals surface area contributed by atoms with Gasteiger partial charge in [0.2, 0.25) is 5.79 Å². The molecule has 3 aromatic rings. The summed E-state index contributed by atoms with van der Waals surface area (Å²) >= 11 is 1.82. The van der Waals surface area contributed by atoms with Crippen molar-refractivity contribution in [3.63, 3.8) is 0 Å². The van der Waals surface area contributed by atoms with Gasteiger partial charge in [-0.15, -0.1) is 6.58 Å². The number of nitrogens with zero attached hydrogens (tertiary/aromatic N) is 3. The number of aliphatic hydroxyl groups is 2. The maximum Gasteiger partial charge on any atom is 0.230 e. The molecule has 10 heteroatoms. The maximum absolute atomic E-state index is 9.92. The van der Waals surface area contributed by atoms with Crippen molar-refractivity contribution in [3.05, 3.63) is 102 Å². The summed E-state index contributed by atoms with van der Waals surface area (Å²) in [4.78, 5) is 15.1. The highest BCUT2D eigenvalue weighted by Crippen LogP contribution is 2.62. The largest absolute Gasteiger partial charge is 0.460 e. The van der Waals surface area contributed by atoms with Crippen molar-refractivity contribution < 1.29 is 29.3 Å². The van der Waals surface area contributed by atoms with E-state index in [1.165, 1.54) is 11.1 Å². The highest BCUT2D eigenvalue weighted by Gasteiger charge is 2.64. The minimum absolute atomic E-state index is 0.0158. The molecular weight excluding hydrogens is 711 g/mol. The Morgan fingerprint density at radius 2 is 1.76 bits per heavy atom. The van der Waals surface area contributed by atoms with Crippen molar-refractivity contribution in [1.29, 1.82) is 0 Å². The van der Waals surface area contributed by atoms with E-state index in [0.717, 1.165) is 90.5 Å². The number of thioether (sulfide) groups is 1. The average Bonchev–Trinajstić information content (AvgIpc) is 3.16. The molecular formula is C45H59N3O6S. The third-order valence-electron chi connectivity index (χ3n) is 11.1. The van der Waals surface area contributed by atoms with Crippen LogP contribution in [-0.4, -0.2) is 68.1 Å². The molecule has 6 unspecified atom stereocenters. The van der Waals surface area contributed by atoms with E-state index < -0.39 is 11.4 Å². The van der Waals surface area contributed by atoms with Gasteiger partial charge in [-0.1, -0.05) is 36.2 Å². The zero-order chi connectivity index (χ0) is 39.0. The van der Waals surface area contributed by atoms with Crippen LogP contribution in [0, 0.1) is 31.6 Å². The van der Waals surface area contributed by atoms with E-state index in [9.17, 15) is 10.2 Å². The standard InChI is InChI=1S/C45H59N3O6S/c1-7-23-51-45-41(55-24-18-33-29-46-19-20-47-33)28-39(48-54-44(4,5)6)37-26-32(12-8-10-21-49)36(13-9-11-22-50)42(43(37)45)38-27-35(16-17-40(38)53-45)52-34-15-14-30(2)31(3)25-34/h7,14-17,19-20,25-27,29,32,36,41-43,49-50H,1,8-13,18,21-24,28H2,2-6H3. The van der Waals surface area contributed by atoms with Crippen LogP contribution in [0.1, 0.15) is 94.0 Å². The second-order valence-corrected chi connectivity index (χ2v) is 17.4. The minimum Gasteiger partial charge on any atom is -0.460 e. The summed E-state index contributed by atoms with van der Waals surface area (Å²) in [5.74, 6) is 2.28. The molecule has 2 heterocycles. The number of benzene rings is 2. The minimum atomic E-state index is -1.03. The molecule has 6 rings (SSSR count). The molecule has 6 atom stereocenters. The number of aryl methyl sites for hydroxylation is 3. The predicted molar refractivity (Wildman–Crippen MR) is 220 cm³/mol. The van der Waals surface area contributed by atoms with Crippen LogP contribution in [0.15, 0.2) is 84.4 Å². The van der Waals surface area contributed by atoms with E-state index in [0.29, 0.717) is 13.0 Å². The molecule has 2 aromatic carbocycles. The zero-order valence-electron chi connectivity index (χ0n) is 33.2. The van der Waals surface area contributed by atoms with Gasteiger partial charge in [0.25, 0.3) is 0 Å². The van der Waals surface area contributed by atoms with Crippen molar-refractivity contribution in [2.75, 3.05) is 25.6 Å². The van der Waals surface area contributed by atoms with Gasteiger partial charge >= 0.3 is 0 Å². The molecule has 0 amide bonds. The molecule has 0 spiro atoms. The Labute approximate surface area is 331 Å². The first-order valence-electron chi connectivity index (χ1n) is 19.9. The van der Waals surface area contributed by atoms with Crippen LogP contribution >= 0.6 is 11.8 Å². The lowest BCUT2D eigenvalue weighted by atomic mass is 9.56. The maximum atomic E-state index is 9.92. The lowest BCUT2D eigenvalue weighted by Crippen LogP contribution is -2.64. The number of aromatic nitrogens is 2. The van der Waals surface area contributed by atoms with Crippen molar-refractivity contribution in [2.45, 2.75) is 109 Å².